The summed E-state index contributed by atoms with van der Waals surface area (Å²) in [5, 5.41) is 1.05. The molecule has 6 heteroatoms. The second-order valence-electron chi connectivity index (χ2n) is 4.25. The second kappa shape index (κ2) is 7.33. The maximum absolute atomic E-state index is 10.9. The highest BCUT2D eigenvalue weighted by Crippen LogP contribution is 2.37. The van der Waals surface area contributed by atoms with E-state index in [9.17, 15) is 4.79 Å². The number of rotatable bonds is 4. The third-order valence-corrected chi connectivity index (χ3v) is 4.10. The van der Waals surface area contributed by atoms with Crippen molar-refractivity contribution in [2.24, 2.45) is 0 Å². The van der Waals surface area contributed by atoms with E-state index in [0.29, 0.717) is 15.8 Å². The Morgan fingerprint density at radius 1 is 1.14 bits per heavy atom. The van der Waals surface area contributed by atoms with Crippen molar-refractivity contribution in [3.8, 4) is 16.9 Å². The molecule has 0 spiro atoms. The predicted octanol–water partition coefficient (Wildman–Crippen LogP) is 5.45. The minimum atomic E-state index is -0.527. The Bertz CT molecular complexity index is 674. The molecule has 0 atom stereocenters. The smallest absolute Gasteiger partial charge is 0.286 e. The van der Waals surface area contributed by atoms with Crippen molar-refractivity contribution in [2.75, 3.05) is 0 Å². The average Bonchev–Trinajstić information content (AvgIpc) is 2.45. The van der Waals surface area contributed by atoms with Gasteiger partial charge >= 0.3 is 5.97 Å². The Balaban J connectivity index is 2.49. The monoisotopic (exact) mass is 436 g/mol. The van der Waals surface area contributed by atoms with Crippen LogP contribution in [0.5, 0.6) is 5.75 Å². The van der Waals surface area contributed by atoms with Crippen LogP contribution in [0.3, 0.4) is 0 Å². The van der Waals surface area contributed by atoms with E-state index in [4.69, 9.17) is 28.1 Å². The Morgan fingerprint density at radius 2 is 1.90 bits per heavy atom. The van der Waals surface area contributed by atoms with Gasteiger partial charge in [-0.15, -0.1) is 0 Å². The molecule has 2 aromatic carbocycles. The van der Waals surface area contributed by atoms with Crippen molar-refractivity contribution in [2.45, 2.75) is 11.4 Å². The summed E-state index contributed by atoms with van der Waals surface area (Å²) >= 11 is 14.4. The van der Waals surface area contributed by atoms with Crippen molar-refractivity contribution in [3.63, 3.8) is 0 Å². The van der Waals surface area contributed by atoms with Crippen LogP contribution in [-0.2, 0) is 14.1 Å². The first-order valence-corrected chi connectivity index (χ1v) is 8.29. The number of hydrogen-bond acceptors (Lipinski definition) is 3. The summed E-state index contributed by atoms with van der Waals surface area (Å²) < 4.78 is 0.837. The highest BCUT2D eigenvalue weighted by atomic mass is 127. The first kappa shape index (κ1) is 16.4. The molecule has 0 saturated carbocycles. The molecule has 0 amide bonds. The van der Waals surface area contributed by atoms with Crippen LogP contribution >= 0.6 is 45.8 Å². The lowest BCUT2D eigenvalue weighted by molar-refractivity contribution is -0.210. The van der Waals surface area contributed by atoms with Gasteiger partial charge in [0.15, 0.2) is 5.75 Å². The highest BCUT2D eigenvalue weighted by Gasteiger charge is 2.13. The van der Waals surface area contributed by atoms with E-state index < -0.39 is 5.97 Å². The lowest BCUT2D eigenvalue weighted by Crippen LogP contribution is -2.04. The van der Waals surface area contributed by atoms with Gasteiger partial charge in [-0.1, -0.05) is 57.9 Å². The van der Waals surface area contributed by atoms with Gasteiger partial charge in [0.1, 0.15) is 0 Å². The molecule has 0 aliphatic carbocycles. The van der Waals surface area contributed by atoms with Crippen molar-refractivity contribution in [3.05, 3.63) is 52.0 Å². The van der Waals surface area contributed by atoms with E-state index in [1.165, 1.54) is 6.92 Å². The van der Waals surface area contributed by atoms with Gasteiger partial charge in [-0.25, -0.2) is 4.79 Å². The number of halogens is 3. The molecule has 0 aromatic heterocycles. The summed E-state index contributed by atoms with van der Waals surface area (Å²) in [6.07, 6.45) is 0. The standard InChI is InChI=1S/C15H11Cl2IO3/c1-9(19)20-21-15-5-2-10(8-18)6-13(15)12-4-3-11(16)7-14(12)17/h2-7H,8H2,1H3. The molecule has 0 N–H and O–H groups in total. The molecule has 0 unspecified atom stereocenters. The van der Waals surface area contributed by atoms with Crippen LogP contribution in [-0.4, -0.2) is 5.97 Å². The normalized spacial score (nSPS) is 10.3. The van der Waals surface area contributed by atoms with E-state index >= 15 is 0 Å². The fraction of sp³-hybridized carbons (Fsp3) is 0.133. The molecule has 21 heavy (non-hydrogen) atoms. The SMILES string of the molecule is CC(=O)OOc1ccc(CI)cc1-c1ccc(Cl)cc1Cl. The van der Waals surface area contributed by atoms with E-state index in [0.717, 1.165) is 21.1 Å². The lowest BCUT2D eigenvalue weighted by Gasteiger charge is -2.12. The minimum absolute atomic E-state index is 0.419. The van der Waals surface area contributed by atoms with Crippen LogP contribution in [0.2, 0.25) is 10.0 Å². The number of alkyl halides is 1. The molecule has 0 heterocycles. The van der Waals surface area contributed by atoms with Crippen LogP contribution in [0.1, 0.15) is 12.5 Å². The fourth-order valence-electron chi connectivity index (χ4n) is 1.75. The maximum atomic E-state index is 10.9. The van der Waals surface area contributed by atoms with Gasteiger partial charge < -0.3 is 0 Å². The van der Waals surface area contributed by atoms with Gasteiger partial charge in [0.05, 0.1) is 5.02 Å². The number of hydrogen-bond donors (Lipinski definition) is 0. The largest absolute Gasteiger partial charge is 0.352 e. The molecule has 0 aliphatic rings. The molecule has 3 nitrogen and oxygen atoms in total. The number of benzene rings is 2. The van der Waals surface area contributed by atoms with Crippen LogP contribution < -0.4 is 4.89 Å². The summed E-state index contributed by atoms with van der Waals surface area (Å²) in [4.78, 5) is 20.6. The molecular weight excluding hydrogens is 426 g/mol. The molecule has 0 fully saturated rings. The van der Waals surface area contributed by atoms with E-state index in [1.54, 1.807) is 24.3 Å². The first-order chi connectivity index (χ1) is 10.0. The molecule has 2 aromatic rings. The zero-order valence-corrected chi connectivity index (χ0v) is 14.7. The van der Waals surface area contributed by atoms with Crippen LogP contribution in [0.25, 0.3) is 11.1 Å². The summed E-state index contributed by atoms with van der Waals surface area (Å²) in [6.45, 7) is 1.27. The third kappa shape index (κ3) is 4.25. The molecule has 2 rings (SSSR count). The third-order valence-electron chi connectivity index (χ3n) is 2.67. The van der Waals surface area contributed by atoms with Gasteiger partial charge in [0.2, 0.25) is 0 Å². The topological polar surface area (TPSA) is 35.5 Å². The molecule has 0 saturated heterocycles. The predicted molar refractivity (Wildman–Crippen MR) is 92.0 cm³/mol. The second-order valence-corrected chi connectivity index (χ2v) is 5.85. The van der Waals surface area contributed by atoms with Crippen molar-refractivity contribution in [1.82, 2.24) is 0 Å². The van der Waals surface area contributed by atoms with Gasteiger partial charge in [0, 0.05) is 27.5 Å². The molecule has 0 aliphatic heterocycles. The Morgan fingerprint density at radius 3 is 2.52 bits per heavy atom. The van der Waals surface area contributed by atoms with Gasteiger partial charge in [-0.2, -0.15) is 0 Å². The first-order valence-electron chi connectivity index (χ1n) is 6.00. The molecule has 110 valence electrons. The summed E-state index contributed by atoms with van der Waals surface area (Å²) in [6, 6.07) is 10.8. The summed E-state index contributed by atoms with van der Waals surface area (Å²) in [7, 11) is 0. The molecule has 0 radical (unpaired) electrons. The minimum Gasteiger partial charge on any atom is -0.286 e. The lowest BCUT2D eigenvalue weighted by atomic mass is 10.0. The van der Waals surface area contributed by atoms with E-state index in [1.807, 2.05) is 12.1 Å². The van der Waals surface area contributed by atoms with Crippen LogP contribution in [0, 0.1) is 0 Å². The quantitative estimate of drug-likeness (QED) is 0.276. The molecular formula is C15H11Cl2IO3. The average molecular weight is 437 g/mol. The van der Waals surface area contributed by atoms with Gasteiger partial charge in [-0.05, 0) is 29.8 Å². The Kier molecular flexibility index (Phi) is 5.72. The zero-order chi connectivity index (χ0) is 15.4. The summed E-state index contributed by atoms with van der Waals surface area (Å²) in [5.74, 6) is -0.107. The van der Waals surface area contributed by atoms with E-state index in [-0.39, 0.29) is 0 Å². The summed E-state index contributed by atoms with van der Waals surface area (Å²) in [5.41, 5.74) is 2.61. The Hall–Kier alpha value is -0.980. The highest BCUT2D eigenvalue weighted by molar-refractivity contribution is 14.1. The molecule has 0 bridgehead atoms. The van der Waals surface area contributed by atoms with Crippen molar-refractivity contribution in [1.29, 1.82) is 0 Å². The van der Waals surface area contributed by atoms with Crippen LogP contribution in [0.4, 0.5) is 0 Å². The fourth-order valence-corrected chi connectivity index (χ4v) is 2.74. The maximum Gasteiger partial charge on any atom is 0.352 e. The van der Waals surface area contributed by atoms with Gasteiger partial charge in [0.25, 0.3) is 0 Å². The Labute approximate surface area is 146 Å². The number of carbonyl (C=O) groups is 1. The van der Waals surface area contributed by atoms with Crippen molar-refractivity contribution < 1.29 is 14.6 Å². The van der Waals surface area contributed by atoms with Crippen molar-refractivity contribution >= 4 is 51.8 Å². The van der Waals surface area contributed by atoms with Gasteiger partial charge in [-0.3, -0.25) is 9.78 Å². The number of carbonyl (C=O) groups excluding carboxylic acids is 1. The zero-order valence-electron chi connectivity index (χ0n) is 11.0. The van der Waals surface area contributed by atoms with E-state index in [2.05, 4.69) is 27.5 Å². The van der Waals surface area contributed by atoms with Crippen LogP contribution in [0.15, 0.2) is 36.4 Å².